The van der Waals surface area contributed by atoms with Crippen LogP contribution in [0.25, 0.3) is 0 Å². The molecule has 2 heterocycles. The molecule has 2 aromatic heterocycles. The van der Waals surface area contributed by atoms with Crippen LogP contribution in [-0.2, 0) is 17.8 Å². The summed E-state index contributed by atoms with van der Waals surface area (Å²) in [5.41, 5.74) is 0.678. The number of anilines is 1. The van der Waals surface area contributed by atoms with Gasteiger partial charge in [-0.1, -0.05) is 17.8 Å². The van der Waals surface area contributed by atoms with Crippen LogP contribution in [0.15, 0.2) is 46.9 Å². The lowest BCUT2D eigenvalue weighted by atomic mass is 10.3. The van der Waals surface area contributed by atoms with E-state index in [4.69, 9.17) is 0 Å². The molecule has 26 heavy (non-hydrogen) atoms. The second-order valence-corrected chi connectivity index (χ2v) is 7.39. The summed E-state index contributed by atoms with van der Waals surface area (Å²) in [5, 5.41) is 14.4. The summed E-state index contributed by atoms with van der Waals surface area (Å²) in [4.78, 5) is 15.4. The van der Waals surface area contributed by atoms with Crippen LogP contribution in [0.1, 0.15) is 11.8 Å². The Morgan fingerprint density at radius 2 is 2.12 bits per heavy atom. The van der Waals surface area contributed by atoms with Gasteiger partial charge in [0.1, 0.15) is 5.82 Å². The number of hydrogen-bond acceptors (Lipinski definition) is 6. The molecule has 0 aliphatic heterocycles. The van der Waals surface area contributed by atoms with Gasteiger partial charge in [0.05, 0.1) is 12.3 Å². The van der Waals surface area contributed by atoms with Crippen LogP contribution in [0.3, 0.4) is 0 Å². The lowest BCUT2D eigenvalue weighted by Gasteiger charge is -2.20. The fraction of sp³-hybridized carbons (Fsp3) is 0.294. The van der Waals surface area contributed by atoms with Gasteiger partial charge in [0.15, 0.2) is 0 Å². The molecule has 0 saturated heterocycles. The summed E-state index contributed by atoms with van der Waals surface area (Å²) in [5.74, 6) is -0.182. The van der Waals surface area contributed by atoms with Gasteiger partial charge in [0.25, 0.3) is 0 Å². The van der Waals surface area contributed by atoms with Crippen LogP contribution < -0.4 is 4.90 Å². The standard InChI is InChI=1S/C17H18FN5OS2/c1-2-22(14-7-5-13(18)6-8-14)16(24)12-26-17-19-20-21-23(17)10-9-15-4-3-11-25-15/h3-8,11H,2,9-10,12H2,1H3. The number of aryl methyl sites for hydroxylation is 2. The maximum absolute atomic E-state index is 13.1. The molecule has 1 aromatic carbocycles. The lowest BCUT2D eigenvalue weighted by Crippen LogP contribution is -2.32. The second-order valence-electron chi connectivity index (χ2n) is 5.42. The average molecular weight is 391 g/mol. The molecule has 9 heteroatoms. The van der Waals surface area contributed by atoms with Crippen LogP contribution in [0, 0.1) is 5.82 Å². The third-order valence-corrected chi connectivity index (χ3v) is 5.61. The highest BCUT2D eigenvalue weighted by Gasteiger charge is 2.16. The van der Waals surface area contributed by atoms with Crippen molar-refractivity contribution in [3.05, 3.63) is 52.5 Å². The van der Waals surface area contributed by atoms with Crippen LogP contribution in [0.2, 0.25) is 0 Å². The Morgan fingerprint density at radius 1 is 1.31 bits per heavy atom. The maximum atomic E-state index is 13.1. The van der Waals surface area contributed by atoms with E-state index in [1.807, 2.05) is 18.4 Å². The normalized spacial score (nSPS) is 10.8. The molecule has 6 nitrogen and oxygen atoms in total. The summed E-state index contributed by atoms with van der Waals surface area (Å²) in [6, 6.07) is 10.0. The molecule has 0 radical (unpaired) electrons. The first-order valence-electron chi connectivity index (χ1n) is 8.14. The fourth-order valence-corrected chi connectivity index (χ4v) is 3.92. The molecule has 0 bridgehead atoms. The first-order valence-corrected chi connectivity index (χ1v) is 10.0. The Bertz CT molecular complexity index is 835. The number of thiophene rings is 1. The number of tetrazole rings is 1. The van der Waals surface area contributed by atoms with Crippen molar-refractivity contribution in [3.63, 3.8) is 0 Å². The van der Waals surface area contributed by atoms with Crippen molar-refractivity contribution in [1.29, 1.82) is 0 Å². The number of halogens is 1. The van der Waals surface area contributed by atoms with Gasteiger partial charge >= 0.3 is 0 Å². The van der Waals surface area contributed by atoms with Gasteiger partial charge in [0, 0.05) is 23.5 Å². The monoisotopic (exact) mass is 391 g/mol. The minimum Gasteiger partial charge on any atom is -0.312 e. The van der Waals surface area contributed by atoms with Crippen molar-refractivity contribution in [3.8, 4) is 0 Å². The van der Waals surface area contributed by atoms with E-state index in [0.29, 0.717) is 23.9 Å². The van der Waals surface area contributed by atoms with Crippen molar-refractivity contribution in [2.24, 2.45) is 0 Å². The Labute approximate surface area is 159 Å². The van der Waals surface area contributed by atoms with Crippen molar-refractivity contribution >= 4 is 34.7 Å². The molecule has 3 rings (SSSR count). The van der Waals surface area contributed by atoms with Crippen molar-refractivity contribution < 1.29 is 9.18 Å². The number of amides is 1. The average Bonchev–Trinajstić information content (AvgIpc) is 3.32. The van der Waals surface area contributed by atoms with E-state index in [-0.39, 0.29) is 17.5 Å². The number of hydrogen-bond donors (Lipinski definition) is 0. The number of carbonyl (C=O) groups excluding carboxylic acids is 1. The number of thioether (sulfide) groups is 1. The molecule has 0 unspecified atom stereocenters. The summed E-state index contributed by atoms with van der Waals surface area (Å²) in [6.45, 7) is 3.06. The second kappa shape index (κ2) is 8.91. The highest BCUT2D eigenvalue weighted by Crippen LogP contribution is 2.20. The minimum atomic E-state index is -0.323. The quantitative estimate of drug-likeness (QED) is 0.552. The van der Waals surface area contributed by atoms with E-state index in [1.54, 1.807) is 33.1 Å². The minimum absolute atomic E-state index is 0.0723. The van der Waals surface area contributed by atoms with Crippen LogP contribution in [-0.4, -0.2) is 38.4 Å². The van der Waals surface area contributed by atoms with E-state index in [9.17, 15) is 9.18 Å². The number of benzene rings is 1. The molecule has 0 fully saturated rings. The molecule has 0 aliphatic carbocycles. The van der Waals surface area contributed by atoms with Crippen molar-refractivity contribution in [2.45, 2.75) is 25.0 Å². The Morgan fingerprint density at radius 3 is 2.81 bits per heavy atom. The molecule has 0 saturated carbocycles. The van der Waals surface area contributed by atoms with E-state index in [0.717, 1.165) is 6.42 Å². The van der Waals surface area contributed by atoms with Gasteiger partial charge in [0.2, 0.25) is 11.1 Å². The smallest absolute Gasteiger partial charge is 0.237 e. The zero-order valence-electron chi connectivity index (χ0n) is 14.2. The number of carbonyl (C=O) groups is 1. The van der Waals surface area contributed by atoms with Gasteiger partial charge in [-0.15, -0.1) is 16.4 Å². The van der Waals surface area contributed by atoms with E-state index in [2.05, 4.69) is 21.6 Å². The topological polar surface area (TPSA) is 63.9 Å². The number of rotatable bonds is 8. The van der Waals surface area contributed by atoms with Crippen LogP contribution >= 0.6 is 23.1 Å². The Kier molecular flexibility index (Phi) is 6.35. The van der Waals surface area contributed by atoms with Gasteiger partial charge < -0.3 is 4.90 Å². The first-order chi connectivity index (χ1) is 12.7. The van der Waals surface area contributed by atoms with Gasteiger partial charge in [-0.2, -0.15) is 0 Å². The molecule has 0 N–H and O–H groups in total. The van der Waals surface area contributed by atoms with Crippen LogP contribution in [0.4, 0.5) is 10.1 Å². The number of aromatic nitrogens is 4. The highest BCUT2D eigenvalue weighted by molar-refractivity contribution is 7.99. The first kappa shape index (κ1) is 18.5. The Balaban J connectivity index is 1.58. The van der Waals surface area contributed by atoms with Crippen LogP contribution in [0.5, 0.6) is 0 Å². The predicted molar refractivity (Wildman–Crippen MR) is 101 cm³/mol. The molecule has 0 spiro atoms. The number of nitrogens with zero attached hydrogens (tertiary/aromatic N) is 5. The molecule has 136 valence electrons. The SMILES string of the molecule is CCN(C(=O)CSc1nnnn1CCc1cccs1)c1ccc(F)cc1. The molecular formula is C17H18FN5OS2. The summed E-state index contributed by atoms with van der Waals surface area (Å²) in [6.07, 6.45) is 0.848. The molecule has 1 amide bonds. The van der Waals surface area contributed by atoms with Gasteiger partial charge in [-0.05, 0) is 53.1 Å². The summed E-state index contributed by atoms with van der Waals surface area (Å²) >= 11 is 3.00. The third-order valence-electron chi connectivity index (χ3n) is 3.73. The molecule has 3 aromatic rings. The third kappa shape index (κ3) is 4.67. The molecule has 0 aliphatic rings. The maximum Gasteiger partial charge on any atom is 0.237 e. The van der Waals surface area contributed by atoms with E-state index in [1.165, 1.54) is 28.8 Å². The Hall–Kier alpha value is -2.26. The molecule has 0 atom stereocenters. The lowest BCUT2D eigenvalue weighted by molar-refractivity contribution is -0.116. The van der Waals surface area contributed by atoms with Gasteiger partial charge in [-0.3, -0.25) is 4.79 Å². The fourth-order valence-electron chi connectivity index (χ4n) is 2.44. The summed E-state index contributed by atoms with van der Waals surface area (Å²) < 4.78 is 14.8. The molecular weight excluding hydrogens is 373 g/mol. The predicted octanol–water partition coefficient (Wildman–Crippen LogP) is 3.26. The zero-order valence-corrected chi connectivity index (χ0v) is 15.8. The zero-order chi connectivity index (χ0) is 18.4. The van der Waals surface area contributed by atoms with Gasteiger partial charge in [-0.25, -0.2) is 9.07 Å². The van der Waals surface area contributed by atoms with E-state index >= 15 is 0 Å². The highest BCUT2D eigenvalue weighted by atomic mass is 32.2. The van der Waals surface area contributed by atoms with Crippen molar-refractivity contribution in [2.75, 3.05) is 17.2 Å². The van der Waals surface area contributed by atoms with E-state index < -0.39 is 0 Å². The summed E-state index contributed by atoms with van der Waals surface area (Å²) in [7, 11) is 0. The largest absolute Gasteiger partial charge is 0.312 e. The van der Waals surface area contributed by atoms with Crippen molar-refractivity contribution in [1.82, 2.24) is 20.2 Å².